The molecule has 0 aliphatic rings. The second-order valence-electron chi connectivity index (χ2n) is 5.78. The van der Waals surface area contributed by atoms with Gasteiger partial charge in [0.2, 0.25) is 11.8 Å². The van der Waals surface area contributed by atoms with Crippen molar-refractivity contribution in [3.05, 3.63) is 77.8 Å². The van der Waals surface area contributed by atoms with Crippen LogP contribution in [-0.2, 0) is 17.4 Å². The van der Waals surface area contributed by atoms with Gasteiger partial charge in [-0.1, -0.05) is 6.07 Å². The third kappa shape index (κ3) is 5.24. The standard InChI is InChI=1S/C19H12F5N3O2/c20-12-4-5-15(14(21)9-12)27-17(28)10-16-18(26-7-6-25-16)29-13-3-1-2-11(8-13)19(22,23)24/h1-9H,10H2,(H,27,28). The lowest BCUT2D eigenvalue weighted by atomic mass is 10.2. The average Bonchev–Trinajstić information content (AvgIpc) is 2.65. The van der Waals surface area contributed by atoms with E-state index in [4.69, 9.17) is 4.74 Å². The Bertz CT molecular complexity index is 1040. The number of alkyl halides is 3. The van der Waals surface area contributed by atoms with Crippen LogP contribution < -0.4 is 10.1 Å². The van der Waals surface area contributed by atoms with Crippen LogP contribution in [0.1, 0.15) is 11.3 Å². The predicted octanol–water partition coefficient (Wildman–Crippen LogP) is 4.75. The number of aromatic nitrogens is 2. The molecule has 3 aromatic rings. The van der Waals surface area contributed by atoms with Gasteiger partial charge in [0.1, 0.15) is 23.1 Å². The Kier molecular flexibility index (Phi) is 5.71. The molecule has 2 aromatic carbocycles. The van der Waals surface area contributed by atoms with E-state index >= 15 is 0 Å². The molecule has 1 heterocycles. The smallest absolute Gasteiger partial charge is 0.416 e. The first-order valence-corrected chi connectivity index (χ1v) is 8.12. The summed E-state index contributed by atoms with van der Waals surface area (Å²) in [5.74, 6) is -2.79. The van der Waals surface area contributed by atoms with Crippen LogP contribution in [0.15, 0.2) is 54.9 Å². The van der Waals surface area contributed by atoms with E-state index < -0.39 is 35.7 Å². The van der Waals surface area contributed by atoms with Gasteiger partial charge in [-0.15, -0.1) is 0 Å². The minimum Gasteiger partial charge on any atom is -0.437 e. The van der Waals surface area contributed by atoms with Gasteiger partial charge < -0.3 is 10.1 Å². The largest absolute Gasteiger partial charge is 0.437 e. The summed E-state index contributed by atoms with van der Waals surface area (Å²) in [7, 11) is 0. The van der Waals surface area contributed by atoms with E-state index in [1.165, 1.54) is 18.5 Å². The third-order valence-corrected chi connectivity index (χ3v) is 3.64. The van der Waals surface area contributed by atoms with Crippen LogP contribution >= 0.6 is 0 Å². The monoisotopic (exact) mass is 409 g/mol. The van der Waals surface area contributed by atoms with Gasteiger partial charge in [-0.2, -0.15) is 13.2 Å². The van der Waals surface area contributed by atoms with Crippen molar-refractivity contribution < 1.29 is 31.5 Å². The Labute approximate surface area is 161 Å². The van der Waals surface area contributed by atoms with Gasteiger partial charge in [0.15, 0.2) is 0 Å². The number of hydrogen-bond acceptors (Lipinski definition) is 4. The van der Waals surface area contributed by atoms with Crippen molar-refractivity contribution in [1.82, 2.24) is 9.97 Å². The highest BCUT2D eigenvalue weighted by Crippen LogP contribution is 2.32. The molecule has 1 N–H and O–H groups in total. The highest BCUT2D eigenvalue weighted by Gasteiger charge is 2.30. The number of amides is 1. The SMILES string of the molecule is O=C(Cc1nccnc1Oc1cccc(C(F)(F)F)c1)Nc1ccc(F)cc1F. The maximum atomic E-state index is 13.7. The number of nitrogens with zero attached hydrogens (tertiary/aromatic N) is 2. The zero-order valence-corrected chi connectivity index (χ0v) is 14.5. The summed E-state index contributed by atoms with van der Waals surface area (Å²) in [4.78, 5) is 20.0. The summed E-state index contributed by atoms with van der Waals surface area (Å²) in [6.45, 7) is 0. The molecule has 10 heteroatoms. The quantitative estimate of drug-likeness (QED) is 0.618. The van der Waals surface area contributed by atoms with Gasteiger partial charge in [0, 0.05) is 18.5 Å². The molecule has 0 fully saturated rings. The molecule has 0 spiro atoms. The normalized spacial score (nSPS) is 11.2. The van der Waals surface area contributed by atoms with Gasteiger partial charge in [-0.05, 0) is 30.3 Å². The highest BCUT2D eigenvalue weighted by molar-refractivity contribution is 5.92. The first-order chi connectivity index (χ1) is 13.7. The Hall–Kier alpha value is -3.56. The topological polar surface area (TPSA) is 64.1 Å². The lowest BCUT2D eigenvalue weighted by Gasteiger charge is -2.11. The number of hydrogen-bond donors (Lipinski definition) is 1. The highest BCUT2D eigenvalue weighted by atomic mass is 19.4. The molecule has 5 nitrogen and oxygen atoms in total. The summed E-state index contributed by atoms with van der Waals surface area (Å²) < 4.78 is 70.4. The van der Waals surface area contributed by atoms with E-state index in [2.05, 4.69) is 15.3 Å². The molecule has 0 saturated carbocycles. The summed E-state index contributed by atoms with van der Waals surface area (Å²) in [6.07, 6.45) is -2.45. The maximum Gasteiger partial charge on any atom is 0.416 e. The number of halogens is 5. The molecule has 29 heavy (non-hydrogen) atoms. The third-order valence-electron chi connectivity index (χ3n) is 3.64. The van der Waals surface area contributed by atoms with Crippen molar-refractivity contribution in [2.24, 2.45) is 0 Å². The van der Waals surface area contributed by atoms with Crippen molar-refractivity contribution in [3.8, 4) is 11.6 Å². The first-order valence-electron chi connectivity index (χ1n) is 8.12. The Morgan fingerprint density at radius 1 is 1.03 bits per heavy atom. The molecule has 150 valence electrons. The van der Waals surface area contributed by atoms with E-state index in [-0.39, 0.29) is 23.0 Å². The molecule has 0 aliphatic heterocycles. The minimum absolute atomic E-state index is 0.0185. The zero-order valence-electron chi connectivity index (χ0n) is 14.5. The lowest BCUT2D eigenvalue weighted by Crippen LogP contribution is -2.17. The molecule has 0 bridgehead atoms. The van der Waals surface area contributed by atoms with Gasteiger partial charge in [0.25, 0.3) is 0 Å². The summed E-state index contributed by atoms with van der Waals surface area (Å²) in [5, 5.41) is 2.25. The summed E-state index contributed by atoms with van der Waals surface area (Å²) >= 11 is 0. The number of carbonyl (C=O) groups excluding carboxylic acids is 1. The fourth-order valence-corrected chi connectivity index (χ4v) is 2.35. The maximum absolute atomic E-state index is 13.7. The average molecular weight is 409 g/mol. The molecule has 0 radical (unpaired) electrons. The minimum atomic E-state index is -4.55. The fourth-order valence-electron chi connectivity index (χ4n) is 2.35. The number of benzene rings is 2. The molecular formula is C19H12F5N3O2. The molecular weight excluding hydrogens is 397 g/mol. The zero-order chi connectivity index (χ0) is 21.0. The molecule has 0 aliphatic carbocycles. The van der Waals surface area contributed by atoms with Crippen molar-refractivity contribution >= 4 is 11.6 Å². The van der Waals surface area contributed by atoms with E-state index in [0.29, 0.717) is 6.07 Å². The van der Waals surface area contributed by atoms with Gasteiger partial charge >= 0.3 is 6.18 Å². The fraction of sp³-hybridized carbons (Fsp3) is 0.105. The molecule has 1 amide bonds. The van der Waals surface area contributed by atoms with Crippen molar-refractivity contribution in [2.45, 2.75) is 12.6 Å². The molecule has 0 saturated heterocycles. The number of anilines is 1. The van der Waals surface area contributed by atoms with Crippen LogP contribution in [0.2, 0.25) is 0 Å². The number of carbonyl (C=O) groups is 1. The Balaban J connectivity index is 1.76. The Morgan fingerprint density at radius 2 is 1.79 bits per heavy atom. The van der Waals surface area contributed by atoms with E-state index in [9.17, 15) is 26.7 Å². The molecule has 3 rings (SSSR count). The van der Waals surface area contributed by atoms with E-state index in [1.54, 1.807) is 0 Å². The van der Waals surface area contributed by atoms with Gasteiger partial charge in [0.05, 0.1) is 17.7 Å². The van der Waals surface area contributed by atoms with Gasteiger partial charge in [-0.25, -0.2) is 13.8 Å². The van der Waals surface area contributed by atoms with Crippen LogP contribution in [0, 0.1) is 11.6 Å². The first kappa shape index (κ1) is 20.2. The number of rotatable bonds is 5. The number of nitrogens with one attached hydrogen (secondary N) is 1. The lowest BCUT2D eigenvalue weighted by molar-refractivity contribution is -0.137. The van der Waals surface area contributed by atoms with Crippen LogP contribution in [0.5, 0.6) is 11.6 Å². The molecule has 0 atom stereocenters. The second-order valence-corrected chi connectivity index (χ2v) is 5.78. The van der Waals surface area contributed by atoms with Crippen LogP contribution in [-0.4, -0.2) is 15.9 Å². The van der Waals surface area contributed by atoms with E-state index in [0.717, 1.165) is 30.3 Å². The Morgan fingerprint density at radius 3 is 2.52 bits per heavy atom. The number of ether oxygens (including phenoxy) is 1. The van der Waals surface area contributed by atoms with Crippen LogP contribution in [0.3, 0.4) is 0 Å². The van der Waals surface area contributed by atoms with Crippen molar-refractivity contribution in [2.75, 3.05) is 5.32 Å². The second kappa shape index (κ2) is 8.21. The summed E-state index contributed by atoms with van der Waals surface area (Å²) in [6, 6.07) is 6.77. The predicted molar refractivity (Wildman–Crippen MR) is 92.2 cm³/mol. The van der Waals surface area contributed by atoms with Crippen LogP contribution in [0.4, 0.5) is 27.6 Å². The van der Waals surface area contributed by atoms with Gasteiger partial charge in [-0.3, -0.25) is 9.78 Å². The van der Waals surface area contributed by atoms with Crippen molar-refractivity contribution in [1.29, 1.82) is 0 Å². The molecule has 0 unspecified atom stereocenters. The van der Waals surface area contributed by atoms with E-state index in [1.807, 2.05) is 0 Å². The van der Waals surface area contributed by atoms with Crippen molar-refractivity contribution in [3.63, 3.8) is 0 Å². The summed E-state index contributed by atoms with van der Waals surface area (Å²) in [5.41, 5.74) is -1.13. The molecule has 1 aromatic heterocycles. The van der Waals surface area contributed by atoms with Crippen LogP contribution in [0.25, 0.3) is 0 Å².